The van der Waals surface area contributed by atoms with E-state index in [1.165, 1.54) is 0 Å². The van der Waals surface area contributed by atoms with Crippen molar-refractivity contribution in [2.75, 3.05) is 13.7 Å². The molecular weight excluding hydrogens is 270 g/mol. The van der Waals surface area contributed by atoms with Crippen molar-refractivity contribution >= 4 is 5.91 Å². The van der Waals surface area contributed by atoms with E-state index in [-0.39, 0.29) is 23.7 Å². The summed E-state index contributed by atoms with van der Waals surface area (Å²) in [5, 5.41) is 14.2. The van der Waals surface area contributed by atoms with Gasteiger partial charge in [-0.15, -0.1) is 0 Å². The van der Waals surface area contributed by atoms with Gasteiger partial charge in [-0.3, -0.25) is 9.48 Å². The number of aliphatic hydroxyl groups is 1. The summed E-state index contributed by atoms with van der Waals surface area (Å²) in [5.41, 5.74) is 0.329. The van der Waals surface area contributed by atoms with E-state index in [1.807, 2.05) is 11.8 Å². The second-order valence-electron chi connectivity index (χ2n) is 5.99. The Morgan fingerprint density at radius 3 is 3.10 bits per heavy atom. The van der Waals surface area contributed by atoms with Crippen LogP contribution in [0, 0.1) is 0 Å². The fourth-order valence-corrected chi connectivity index (χ4v) is 3.83. The average Bonchev–Trinajstić information content (AvgIpc) is 3.11. The van der Waals surface area contributed by atoms with Crippen molar-refractivity contribution in [3.05, 3.63) is 18.0 Å². The number of rotatable bonds is 3. The number of aliphatic hydroxyl groups excluding tert-OH is 1. The number of aryl methyl sites for hydroxylation is 1. The summed E-state index contributed by atoms with van der Waals surface area (Å²) in [5.74, 6) is -0.00706. The molecule has 1 N–H and O–H groups in total. The zero-order chi connectivity index (χ0) is 15.0. The molecule has 1 aromatic heterocycles. The lowest BCUT2D eigenvalue weighted by Gasteiger charge is -2.42. The van der Waals surface area contributed by atoms with Gasteiger partial charge in [-0.25, -0.2) is 0 Å². The number of amides is 1. The summed E-state index contributed by atoms with van der Waals surface area (Å²) < 4.78 is 7.49. The van der Waals surface area contributed by atoms with Crippen LogP contribution in [0.1, 0.15) is 43.1 Å². The van der Waals surface area contributed by atoms with Gasteiger partial charge in [0.05, 0.1) is 17.7 Å². The van der Waals surface area contributed by atoms with Crippen LogP contribution in [0.2, 0.25) is 0 Å². The van der Waals surface area contributed by atoms with E-state index in [2.05, 4.69) is 5.10 Å². The minimum Gasteiger partial charge on any atom is -0.393 e. The smallest absolute Gasteiger partial charge is 0.272 e. The minimum atomic E-state index is -0.345. The Kier molecular flexibility index (Phi) is 3.75. The lowest BCUT2D eigenvalue weighted by atomic mass is 9.79. The fraction of sp³-hybridized carbons (Fsp3) is 0.733. The molecule has 1 aliphatic heterocycles. The van der Waals surface area contributed by atoms with E-state index in [0.29, 0.717) is 25.2 Å². The van der Waals surface area contributed by atoms with E-state index >= 15 is 0 Å². The first-order valence-electron chi connectivity index (χ1n) is 7.67. The van der Waals surface area contributed by atoms with Crippen LogP contribution in [-0.2, 0) is 11.3 Å². The predicted molar refractivity (Wildman–Crippen MR) is 76.9 cm³/mol. The van der Waals surface area contributed by atoms with E-state index < -0.39 is 0 Å². The summed E-state index contributed by atoms with van der Waals surface area (Å²) in [4.78, 5) is 14.7. The molecule has 2 aliphatic rings. The molecule has 116 valence electrons. The topological polar surface area (TPSA) is 67.6 Å². The van der Waals surface area contributed by atoms with E-state index in [9.17, 15) is 9.90 Å². The molecule has 3 rings (SSSR count). The van der Waals surface area contributed by atoms with E-state index in [1.54, 1.807) is 24.1 Å². The molecule has 1 amide bonds. The molecule has 0 bridgehead atoms. The van der Waals surface area contributed by atoms with Gasteiger partial charge in [0.15, 0.2) is 0 Å². The Balaban J connectivity index is 1.87. The highest BCUT2D eigenvalue weighted by Crippen LogP contribution is 2.42. The van der Waals surface area contributed by atoms with Gasteiger partial charge in [-0.2, -0.15) is 5.10 Å². The number of carbonyl (C=O) groups excluding carboxylic acids is 1. The van der Waals surface area contributed by atoms with Crippen molar-refractivity contribution in [1.82, 2.24) is 14.7 Å². The van der Waals surface area contributed by atoms with Crippen molar-refractivity contribution in [3.8, 4) is 0 Å². The number of fused-ring (bicyclic) bond motifs is 1. The summed E-state index contributed by atoms with van der Waals surface area (Å²) in [7, 11) is 1.72. The maximum atomic E-state index is 12.8. The molecule has 1 aromatic rings. The molecule has 1 aliphatic carbocycles. The lowest BCUT2D eigenvalue weighted by Crippen LogP contribution is -2.53. The first kappa shape index (κ1) is 14.5. The Bertz CT molecular complexity index is 530. The van der Waals surface area contributed by atoms with Crippen LogP contribution in [0.25, 0.3) is 0 Å². The molecule has 0 spiro atoms. The maximum Gasteiger partial charge on any atom is 0.272 e. The Morgan fingerprint density at radius 2 is 2.38 bits per heavy atom. The third-order valence-corrected chi connectivity index (χ3v) is 5.06. The summed E-state index contributed by atoms with van der Waals surface area (Å²) in [6.07, 6.45) is 4.31. The maximum absolute atomic E-state index is 12.8. The van der Waals surface area contributed by atoms with Crippen molar-refractivity contribution in [2.24, 2.45) is 0 Å². The van der Waals surface area contributed by atoms with Crippen LogP contribution in [-0.4, -0.2) is 57.1 Å². The van der Waals surface area contributed by atoms with E-state index in [0.717, 1.165) is 19.3 Å². The van der Waals surface area contributed by atoms with Gasteiger partial charge in [0.25, 0.3) is 5.91 Å². The van der Waals surface area contributed by atoms with Crippen LogP contribution in [0.4, 0.5) is 0 Å². The molecular formula is C15H23N3O3. The quantitative estimate of drug-likeness (QED) is 0.904. The number of hydrogen-bond donors (Lipinski definition) is 1. The van der Waals surface area contributed by atoms with Gasteiger partial charge in [-0.1, -0.05) is 0 Å². The lowest BCUT2D eigenvalue weighted by molar-refractivity contribution is -0.0825. The molecule has 0 aromatic carbocycles. The van der Waals surface area contributed by atoms with Gasteiger partial charge in [0, 0.05) is 26.4 Å². The van der Waals surface area contributed by atoms with Gasteiger partial charge in [0.2, 0.25) is 0 Å². The van der Waals surface area contributed by atoms with Gasteiger partial charge < -0.3 is 14.7 Å². The molecule has 6 nitrogen and oxygen atoms in total. The number of hydrogen-bond acceptors (Lipinski definition) is 4. The highest BCUT2D eigenvalue weighted by molar-refractivity contribution is 5.93. The van der Waals surface area contributed by atoms with Gasteiger partial charge in [0.1, 0.15) is 5.69 Å². The molecule has 1 saturated carbocycles. The van der Waals surface area contributed by atoms with Crippen molar-refractivity contribution in [3.63, 3.8) is 0 Å². The second kappa shape index (κ2) is 5.42. The number of nitrogens with zero attached hydrogens (tertiary/aromatic N) is 3. The normalized spacial score (nSPS) is 32.2. The summed E-state index contributed by atoms with van der Waals surface area (Å²) in [6.45, 7) is 3.32. The van der Waals surface area contributed by atoms with Crippen LogP contribution in [0.3, 0.4) is 0 Å². The highest BCUT2D eigenvalue weighted by Gasteiger charge is 2.52. The SMILES string of the molecule is CCn1nccc1C(=O)N1CC[C@]2(OC)CC[C@@H](O)C[C@H]12. The van der Waals surface area contributed by atoms with Crippen LogP contribution in [0.5, 0.6) is 0 Å². The molecule has 6 heteroatoms. The first-order valence-corrected chi connectivity index (χ1v) is 7.67. The number of methoxy groups -OCH3 is 1. The summed E-state index contributed by atoms with van der Waals surface area (Å²) >= 11 is 0. The van der Waals surface area contributed by atoms with Crippen molar-refractivity contribution in [2.45, 2.75) is 56.9 Å². The summed E-state index contributed by atoms with van der Waals surface area (Å²) in [6, 6.07) is 1.72. The monoisotopic (exact) mass is 293 g/mol. The Hall–Kier alpha value is -1.40. The zero-order valence-electron chi connectivity index (χ0n) is 12.7. The van der Waals surface area contributed by atoms with Crippen LogP contribution in [0.15, 0.2) is 12.3 Å². The molecule has 3 atom stereocenters. The van der Waals surface area contributed by atoms with Gasteiger partial charge >= 0.3 is 0 Å². The third-order valence-electron chi connectivity index (χ3n) is 5.06. The largest absolute Gasteiger partial charge is 0.393 e. The zero-order valence-corrected chi connectivity index (χ0v) is 12.7. The number of aromatic nitrogens is 2. The third kappa shape index (κ3) is 2.26. The standard InChI is InChI=1S/C15H23N3O3/c1-3-18-12(5-8-16-18)14(20)17-9-7-15(21-2)6-4-11(19)10-13(15)17/h5,8,11,13,19H,3-4,6-7,9-10H2,1-2H3/t11-,13+,15-/m1/s1. The number of likely N-dealkylation sites (tertiary alicyclic amines) is 1. The molecule has 0 unspecified atom stereocenters. The highest BCUT2D eigenvalue weighted by atomic mass is 16.5. The average molecular weight is 293 g/mol. The van der Waals surface area contributed by atoms with E-state index in [4.69, 9.17) is 4.74 Å². The number of ether oxygens (including phenoxy) is 1. The fourth-order valence-electron chi connectivity index (χ4n) is 3.83. The number of carbonyl (C=O) groups is 1. The predicted octanol–water partition coefficient (Wildman–Crippen LogP) is 1.05. The molecule has 21 heavy (non-hydrogen) atoms. The molecule has 0 radical (unpaired) electrons. The van der Waals surface area contributed by atoms with Gasteiger partial charge in [-0.05, 0) is 38.7 Å². The molecule has 2 fully saturated rings. The van der Waals surface area contributed by atoms with Crippen LogP contribution >= 0.6 is 0 Å². The second-order valence-corrected chi connectivity index (χ2v) is 5.99. The first-order chi connectivity index (χ1) is 10.1. The molecule has 1 saturated heterocycles. The van der Waals surface area contributed by atoms with Crippen LogP contribution < -0.4 is 0 Å². The Labute approximate surface area is 124 Å². The minimum absolute atomic E-state index is 0.00706. The van der Waals surface area contributed by atoms with Crippen molar-refractivity contribution < 1.29 is 14.6 Å². The Morgan fingerprint density at radius 1 is 1.57 bits per heavy atom. The van der Waals surface area contributed by atoms with Crippen molar-refractivity contribution in [1.29, 1.82) is 0 Å². The molecule has 2 heterocycles.